The number of aromatic nitrogens is 4. The SMILES string of the molecule is C[C@]12CCC(=O)NC1CCC1C2CC[C@]2(C)O[C@H](n3cnc4c(N5CCOCC5)nc(F)nc43)CCC12. The van der Waals surface area contributed by atoms with E-state index in [4.69, 9.17) is 9.47 Å². The Balaban J connectivity index is 1.15. The van der Waals surface area contributed by atoms with Crippen LogP contribution < -0.4 is 10.2 Å². The van der Waals surface area contributed by atoms with E-state index in [2.05, 4.69) is 34.1 Å². The van der Waals surface area contributed by atoms with Gasteiger partial charge in [0, 0.05) is 25.6 Å². The highest BCUT2D eigenvalue weighted by molar-refractivity contribution is 5.83. The van der Waals surface area contributed by atoms with E-state index in [0.717, 1.165) is 44.9 Å². The average Bonchev–Trinajstić information content (AvgIpc) is 3.32. The molecule has 1 amide bonds. The van der Waals surface area contributed by atoms with Gasteiger partial charge in [-0.05, 0) is 75.0 Å². The zero-order valence-corrected chi connectivity index (χ0v) is 21.8. The number of amides is 1. The van der Waals surface area contributed by atoms with Crippen LogP contribution in [0.15, 0.2) is 6.33 Å². The Morgan fingerprint density at radius 1 is 1.05 bits per heavy atom. The Hall–Kier alpha value is -2.33. The minimum absolute atomic E-state index is 0.180. The molecule has 2 aromatic heterocycles. The number of hydrogen-bond acceptors (Lipinski definition) is 7. The van der Waals surface area contributed by atoms with Crippen LogP contribution in [-0.4, -0.2) is 63.4 Å². The molecule has 0 spiro atoms. The molecule has 10 heteroatoms. The molecule has 7 atom stereocenters. The predicted octanol–water partition coefficient (Wildman–Crippen LogP) is 3.59. The number of carbonyl (C=O) groups is 1. The van der Waals surface area contributed by atoms with Crippen LogP contribution in [0.25, 0.3) is 11.2 Å². The lowest BCUT2D eigenvalue weighted by Crippen LogP contribution is -2.63. The van der Waals surface area contributed by atoms with Crippen LogP contribution >= 0.6 is 0 Å². The average molecular weight is 513 g/mol. The third-order valence-electron chi connectivity index (χ3n) is 10.6. The van der Waals surface area contributed by atoms with Crippen molar-refractivity contribution in [1.29, 1.82) is 0 Å². The number of nitrogens with zero attached hydrogens (tertiary/aromatic N) is 5. The zero-order chi connectivity index (χ0) is 25.4. The molecule has 5 fully saturated rings. The van der Waals surface area contributed by atoms with E-state index in [9.17, 15) is 9.18 Å². The van der Waals surface area contributed by atoms with Crippen LogP contribution in [0.3, 0.4) is 0 Å². The number of morpholine rings is 1. The maximum atomic E-state index is 14.6. The van der Waals surface area contributed by atoms with Crippen LogP contribution in [0.1, 0.15) is 71.4 Å². The molecule has 2 aromatic rings. The molecule has 2 saturated carbocycles. The molecule has 0 bridgehead atoms. The summed E-state index contributed by atoms with van der Waals surface area (Å²) < 4.78 is 28.9. The molecule has 3 aliphatic heterocycles. The molecule has 4 unspecified atom stereocenters. The van der Waals surface area contributed by atoms with Crippen LogP contribution in [0, 0.1) is 29.2 Å². The number of anilines is 1. The van der Waals surface area contributed by atoms with Gasteiger partial charge in [-0.2, -0.15) is 14.4 Å². The Morgan fingerprint density at radius 2 is 1.89 bits per heavy atom. The summed E-state index contributed by atoms with van der Waals surface area (Å²) in [5.41, 5.74) is 1.06. The lowest BCUT2D eigenvalue weighted by molar-refractivity contribution is -0.231. The van der Waals surface area contributed by atoms with Crippen LogP contribution in [0.5, 0.6) is 0 Å². The fraction of sp³-hybridized carbons (Fsp3) is 0.778. The van der Waals surface area contributed by atoms with Gasteiger partial charge in [-0.25, -0.2) is 4.98 Å². The summed E-state index contributed by atoms with van der Waals surface area (Å²) in [4.78, 5) is 27.0. The van der Waals surface area contributed by atoms with E-state index >= 15 is 0 Å². The number of ether oxygens (including phenoxy) is 2. The lowest BCUT2D eigenvalue weighted by Gasteiger charge is -2.62. The van der Waals surface area contributed by atoms with Crippen molar-refractivity contribution in [3.63, 3.8) is 0 Å². The Labute approximate surface area is 216 Å². The van der Waals surface area contributed by atoms with Crippen molar-refractivity contribution >= 4 is 22.9 Å². The van der Waals surface area contributed by atoms with Crippen LogP contribution in [0.4, 0.5) is 10.2 Å². The second-order valence-corrected chi connectivity index (χ2v) is 12.3. The third kappa shape index (κ3) is 3.69. The standard InChI is InChI=1S/C27H37FN6O3/c1-26-9-8-20(35)30-19(26)5-3-16-17(26)7-10-27(2)18(16)4-6-21(37-27)34-15-29-22-23(31-25(28)32-24(22)34)33-11-13-36-14-12-33/h15-19,21H,3-14H2,1-2H3,(H,30,35)/t16?,17?,18?,19?,21-,26+,27-/m0/s1. The van der Waals surface area contributed by atoms with Crippen molar-refractivity contribution in [2.75, 3.05) is 31.2 Å². The summed E-state index contributed by atoms with van der Waals surface area (Å²) in [6.45, 7) is 7.20. The normalized spacial score (nSPS) is 40.0. The first-order valence-corrected chi connectivity index (χ1v) is 14.1. The van der Waals surface area contributed by atoms with Gasteiger partial charge in [0.15, 0.2) is 17.0 Å². The quantitative estimate of drug-likeness (QED) is 0.615. The molecule has 1 N–H and O–H groups in total. The molecule has 5 heterocycles. The number of imidazole rings is 1. The summed E-state index contributed by atoms with van der Waals surface area (Å²) >= 11 is 0. The number of carbonyl (C=O) groups excluding carboxylic acids is 1. The van der Waals surface area contributed by atoms with E-state index in [-0.39, 0.29) is 23.2 Å². The number of piperidine rings is 1. The summed E-state index contributed by atoms with van der Waals surface area (Å²) in [6.07, 6.45) is 8.68. The zero-order valence-electron chi connectivity index (χ0n) is 21.8. The van der Waals surface area contributed by atoms with Gasteiger partial charge >= 0.3 is 6.08 Å². The van der Waals surface area contributed by atoms with Crippen molar-refractivity contribution in [3.05, 3.63) is 12.4 Å². The molecule has 2 aliphatic carbocycles. The van der Waals surface area contributed by atoms with Crippen LogP contribution in [0.2, 0.25) is 0 Å². The van der Waals surface area contributed by atoms with Gasteiger partial charge in [0.05, 0.1) is 25.1 Å². The number of nitrogens with one attached hydrogen (secondary N) is 1. The van der Waals surface area contributed by atoms with Crippen molar-refractivity contribution in [2.24, 2.45) is 23.2 Å². The Morgan fingerprint density at radius 3 is 2.73 bits per heavy atom. The minimum Gasteiger partial charge on any atom is -0.378 e. The summed E-state index contributed by atoms with van der Waals surface area (Å²) in [6, 6.07) is 0.309. The maximum Gasteiger partial charge on any atom is 0.312 e. The molecule has 7 rings (SSSR count). The van der Waals surface area contributed by atoms with E-state index in [1.54, 1.807) is 6.33 Å². The third-order valence-corrected chi connectivity index (χ3v) is 10.6. The van der Waals surface area contributed by atoms with Gasteiger partial charge in [0.1, 0.15) is 6.23 Å². The Bertz CT molecular complexity index is 1220. The van der Waals surface area contributed by atoms with E-state index < -0.39 is 6.08 Å². The first-order chi connectivity index (χ1) is 17.9. The number of halogens is 1. The fourth-order valence-corrected chi connectivity index (χ4v) is 8.62. The van der Waals surface area contributed by atoms with Crippen molar-refractivity contribution < 1.29 is 18.7 Å². The molecule has 37 heavy (non-hydrogen) atoms. The lowest BCUT2D eigenvalue weighted by atomic mass is 9.48. The number of hydrogen-bond donors (Lipinski definition) is 1. The molecule has 0 radical (unpaired) electrons. The molecule has 200 valence electrons. The van der Waals surface area contributed by atoms with Crippen molar-refractivity contribution in [3.8, 4) is 0 Å². The molecule has 3 saturated heterocycles. The van der Waals surface area contributed by atoms with Gasteiger partial charge < -0.3 is 19.7 Å². The molecular formula is C27H37FN6O3. The molecular weight excluding hydrogens is 475 g/mol. The Kier molecular flexibility index (Phi) is 5.52. The van der Waals surface area contributed by atoms with E-state index in [1.807, 2.05) is 9.47 Å². The second kappa shape index (κ2) is 8.59. The van der Waals surface area contributed by atoms with Crippen molar-refractivity contribution in [1.82, 2.24) is 24.8 Å². The number of fused-ring (bicyclic) bond motifs is 6. The van der Waals surface area contributed by atoms with Crippen LogP contribution in [-0.2, 0) is 14.3 Å². The molecule has 5 aliphatic rings. The van der Waals surface area contributed by atoms with E-state index in [1.165, 1.54) is 0 Å². The van der Waals surface area contributed by atoms with Gasteiger partial charge in [0.2, 0.25) is 5.91 Å². The van der Waals surface area contributed by atoms with E-state index in [0.29, 0.717) is 73.5 Å². The van der Waals surface area contributed by atoms with Crippen molar-refractivity contribution in [2.45, 2.75) is 83.1 Å². The summed E-state index contributed by atoms with van der Waals surface area (Å²) in [5.74, 6) is 2.48. The first kappa shape index (κ1) is 23.8. The monoisotopic (exact) mass is 512 g/mol. The van der Waals surface area contributed by atoms with Gasteiger partial charge in [-0.1, -0.05) is 6.92 Å². The summed E-state index contributed by atoms with van der Waals surface area (Å²) in [5, 5.41) is 3.32. The van der Waals surface area contributed by atoms with Gasteiger partial charge in [-0.3, -0.25) is 9.36 Å². The number of rotatable bonds is 2. The first-order valence-electron chi connectivity index (χ1n) is 14.1. The fourth-order valence-electron chi connectivity index (χ4n) is 8.62. The summed E-state index contributed by atoms with van der Waals surface area (Å²) in [7, 11) is 0. The second-order valence-electron chi connectivity index (χ2n) is 12.3. The predicted molar refractivity (Wildman–Crippen MR) is 134 cm³/mol. The highest BCUT2D eigenvalue weighted by Gasteiger charge is 2.59. The molecule has 0 aromatic carbocycles. The highest BCUT2D eigenvalue weighted by Crippen LogP contribution is 2.61. The minimum atomic E-state index is -0.735. The highest BCUT2D eigenvalue weighted by atomic mass is 19.1. The smallest absolute Gasteiger partial charge is 0.312 e. The molecule has 9 nitrogen and oxygen atoms in total. The largest absolute Gasteiger partial charge is 0.378 e. The van der Waals surface area contributed by atoms with Gasteiger partial charge in [0.25, 0.3) is 0 Å². The van der Waals surface area contributed by atoms with Gasteiger partial charge in [-0.15, -0.1) is 0 Å². The topological polar surface area (TPSA) is 94.4 Å². The maximum absolute atomic E-state index is 14.6.